The SMILES string of the molecule is SCCCc1nc(CCCS)n(Cc2ccc(Cc3ccccc3-c3nn[nH]n3)cc2)n1. The highest BCUT2D eigenvalue weighted by molar-refractivity contribution is 7.80. The standard InChI is InChI=1S/C23H27N7S2/c31-13-3-7-21-24-22(8-4-14-32)30(27-21)16-18-11-9-17(10-12-18)15-19-5-1-2-6-20(19)23-25-28-29-26-23/h1-2,5-6,9-12,31-32H,3-4,7-8,13-16H2,(H,25,26,28,29). The van der Waals surface area contributed by atoms with Gasteiger partial charge in [0.25, 0.3) is 0 Å². The number of thiol groups is 2. The van der Waals surface area contributed by atoms with Gasteiger partial charge in [-0.3, -0.25) is 0 Å². The Morgan fingerprint density at radius 3 is 2.38 bits per heavy atom. The van der Waals surface area contributed by atoms with E-state index in [2.05, 4.69) is 76.2 Å². The molecule has 0 radical (unpaired) electrons. The summed E-state index contributed by atoms with van der Waals surface area (Å²) in [4.78, 5) is 4.75. The molecule has 0 spiro atoms. The fourth-order valence-electron chi connectivity index (χ4n) is 3.64. The zero-order valence-corrected chi connectivity index (χ0v) is 19.6. The van der Waals surface area contributed by atoms with Crippen LogP contribution in [0.4, 0.5) is 0 Å². The third kappa shape index (κ3) is 5.77. The summed E-state index contributed by atoms with van der Waals surface area (Å²) in [5, 5.41) is 19.2. The highest BCUT2D eigenvalue weighted by Crippen LogP contribution is 2.22. The van der Waals surface area contributed by atoms with Gasteiger partial charge in [0.05, 0.1) is 6.54 Å². The Morgan fingerprint density at radius 1 is 0.875 bits per heavy atom. The van der Waals surface area contributed by atoms with Crippen molar-refractivity contribution in [3.63, 3.8) is 0 Å². The Labute approximate surface area is 198 Å². The number of hydrogen-bond acceptors (Lipinski definition) is 7. The zero-order valence-electron chi connectivity index (χ0n) is 17.9. The summed E-state index contributed by atoms with van der Waals surface area (Å²) in [5.41, 5.74) is 4.60. The summed E-state index contributed by atoms with van der Waals surface area (Å²) in [5.74, 6) is 4.25. The van der Waals surface area contributed by atoms with Crippen molar-refractivity contribution in [2.24, 2.45) is 0 Å². The van der Waals surface area contributed by atoms with E-state index in [1.54, 1.807) is 0 Å². The Hall–Kier alpha value is -2.65. The predicted molar refractivity (Wildman–Crippen MR) is 132 cm³/mol. The second-order valence-corrected chi connectivity index (χ2v) is 8.54. The van der Waals surface area contributed by atoms with E-state index in [9.17, 15) is 0 Å². The van der Waals surface area contributed by atoms with Crippen LogP contribution in [0.3, 0.4) is 0 Å². The lowest BCUT2D eigenvalue weighted by Gasteiger charge is -2.09. The van der Waals surface area contributed by atoms with Crippen LogP contribution in [0.2, 0.25) is 0 Å². The van der Waals surface area contributed by atoms with Gasteiger partial charge in [0, 0.05) is 18.4 Å². The van der Waals surface area contributed by atoms with Crippen molar-refractivity contribution >= 4 is 25.3 Å². The molecule has 2 heterocycles. The molecular formula is C23H27N7S2. The van der Waals surface area contributed by atoms with Crippen LogP contribution in [0.25, 0.3) is 11.4 Å². The Kier molecular flexibility index (Phi) is 7.95. The number of nitrogens with zero attached hydrogens (tertiary/aromatic N) is 6. The number of benzene rings is 2. The summed E-state index contributed by atoms with van der Waals surface area (Å²) in [7, 11) is 0. The average Bonchev–Trinajstić information content (AvgIpc) is 3.48. The number of aryl methyl sites for hydroxylation is 2. The Bertz CT molecular complexity index is 1110. The van der Waals surface area contributed by atoms with Crippen LogP contribution >= 0.6 is 25.3 Å². The van der Waals surface area contributed by atoms with E-state index in [1.807, 2.05) is 22.9 Å². The molecule has 1 N–H and O–H groups in total. The fourth-order valence-corrected chi connectivity index (χ4v) is 3.96. The number of aromatic nitrogens is 7. The van der Waals surface area contributed by atoms with Gasteiger partial charge in [-0.15, -0.1) is 10.2 Å². The number of rotatable bonds is 11. The van der Waals surface area contributed by atoms with Crippen molar-refractivity contribution in [2.45, 2.75) is 38.6 Å². The van der Waals surface area contributed by atoms with E-state index in [4.69, 9.17) is 10.1 Å². The Morgan fingerprint density at radius 2 is 1.62 bits per heavy atom. The first-order valence-corrected chi connectivity index (χ1v) is 12.1. The minimum atomic E-state index is 0.617. The summed E-state index contributed by atoms with van der Waals surface area (Å²) < 4.78 is 2.04. The van der Waals surface area contributed by atoms with E-state index in [1.165, 1.54) is 16.7 Å². The van der Waals surface area contributed by atoms with E-state index in [0.29, 0.717) is 5.82 Å². The lowest BCUT2D eigenvalue weighted by atomic mass is 9.98. The van der Waals surface area contributed by atoms with Crippen molar-refractivity contribution in [3.8, 4) is 11.4 Å². The largest absolute Gasteiger partial charge is 0.245 e. The zero-order chi connectivity index (χ0) is 22.2. The van der Waals surface area contributed by atoms with Gasteiger partial charge in [-0.25, -0.2) is 9.67 Å². The number of H-pyrrole nitrogens is 1. The number of nitrogens with one attached hydrogen (secondary N) is 1. The number of aromatic amines is 1. The lowest BCUT2D eigenvalue weighted by molar-refractivity contribution is 0.624. The minimum absolute atomic E-state index is 0.617. The van der Waals surface area contributed by atoms with Crippen LogP contribution in [0.15, 0.2) is 48.5 Å². The molecule has 7 nitrogen and oxygen atoms in total. The van der Waals surface area contributed by atoms with Crippen LogP contribution in [0, 0.1) is 0 Å². The van der Waals surface area contributed by atoms with Gasteiger partial charge in [0.1, 0.15) is 5.82 Å². The molecule has 0 amide bonds. The molecule has 9 heteroatoms. The molecule has 0 saturated heterocycles. The van der Waals surface area contributed by atoms with Crippen LogP contribution in [-0.2, 0) is 25.8 Å². The topological polar surface area (TPSA) is 85.2 Å². The molecule has 0 aliphatic carbocycles. The van der Waals surface area contributed by atoms with E-state index >= 15 is 0 Å². The molecule has 0 unspecified atom stereocenters. The third-order valence-electron chi connectivity index (χ3n) is 5.26. The average molecular weight is 466 g/mol. The first-order valence-electron chi connectivity index (χ1n) is 10.8. The normalized spacial score (nSPS) is 11.2. The van der Waals surface area contributed by atoms with Crippen molar-refractivity contribution < 1.29 is 0 Å². The van der Waals surface area contributed by atoms with Crippen LogP contribution < -0.4 is 0 Å². The van der Waals surface area contributed by atoms with Crippen molar-refractivity contribution in [3.05, 3.63) is 76.9 Å². The van der Waals surface area contributed by atoms with Crippen molar-refractivity contribution in [2.75, 3.05) is 11.5 Å². The maximum atomic E-state index is 4.75. The molecule has 166 valence electrons. The van der Waals surface area contributed by atoms with Gasteiger partial charge in [-0.05, 0) is 52.7 Å². The van der Waals surface area contributed by atoms with E-state index in [0.717, 1.165) is 67.4 Å². The van der Waals surface area contributed by atoms with Crippen molar-refractivity contribution in [1.82, 2.24) is 35.4 Å². The summed E-state index contributed by atoms with van der Waals surface area (Å²) in [6.07, 6.45) is 4.53. The molecule has 4 aromatic rings. The van der Waals surface area contributed by atoms with Gasteiger partial charge in [-0.1, -0.05) is 48.5 Å². The fraction of sp³-hybridized carbons (Fsp3) is 0.348. The number of hydrogen-bond donors (Lipinski definition) is 3. The van der Waals surface area contributed by atoms with Gasteiger partial charge in [-0.2, -0.15) is 35.6 Å². The van der Waals surface area contributed by atoms with Crippen LogP contribution in [0.5, 0.6) is 0 Å². The molecule has 0 atom stereocenters. The molecule has 4 rings (SSSR count). The molecule has 0 fully saturated rings. The first-order chi connectivity index (χ1) is 15.8. The van der Waals surface area contributed by atoms with Gasteiger partial charge >= 0.3 is 0 Å². The quantitative estimate of drug-likeness (QED) is 0.293. The smallest absolute Gasteiger partial charge is 0.204 e. The number of tetrazole rings is 1. The molecule has 0 aliphatic heterocycles. The van der Waals surface area contributed by atoms with E-state index in [-0.39, 0.29) is 0 Å². The minimum Gasteiger partial charge on any atom is -0.245 e. The second-order valence-electron chi connectivity index (χ2n) is 7.64. The summed E-state index contributed by atoms with van der Waals surface area (Å²) >= 11 is 8.65. The van der Waals surface area contributed by atoms with Gasteiger partial charge in [0.2, 0.25) is 5.82 Å². The monoisotopic (exact) mass is 465 g/mol. The highest BCUT2D eigenvalue weighted by Gasteiger charge is 2.12. The summed E-state index contributed by atoms with van der Waals surface area (Å²) in [6, 6.07) is 16.9. The first kappa shape index (κ1) is 22.5. The Balaban J connectivity index is 1.48. The molecular weight excluding hydrogens is 438 g/mol. The van der Waals surface area contributed by atoms with Crippen LogP contribution in [0.1, 0.15) is 41.2 Å². The van der Waals surface area contributed by atoms with Crippen molar-refractivity contribution in [1.29, 1.82) is 0 Å². The maximum Gasteiger partial charge on any atom is 0.204 e. The van der Waals surface area contributed by atoms with Crippen LogP contribution in [-0.4, -0.2) is 46.9 Å². The molecule has 2 aromatic heterocycles. The van der Waals surface area contributed by atoms with Gasteiger partial charge < -0.3 is 0 Å². The molecule has 32 heavy (non-hydrogen) atoms. The molecule has 0 aliphatic rings. The molecule has 0 bridgehead atoms. The molecule has 2 aromatic carbocycles. The summed E-state index contributed by atoms with van der Waals surface area (Å²) in [6.45, 7) is 0.718. The predicted octanol–water partition coefficient (Wildman–Crippen LogP) is 3.82. The lowest BCUT2D eigenvalue weighted by Crippen LogP contribution is -2.07. The molecule has 0 saturated carbocycles. The second kappa shape index (κ2) is 11.3. The van der Waals surface area contributed by atoms with Gasteiger partial charge in [0.15, 0.2) is 5.82 Å². The van der Waals surface area contributed by atoms with E-state index < -0.39 is 0 Å². The third-order valence-corrected chi connectivity index (χ3v) is 5.90. The maximum absolute atomic E-state index is 4.75. The highest BCUT2D eigenvalue weighted by atomic mass is 32.1.